The molecule has 0 aliphatic heterocycles. The van der Waals surface area contributed by atoms with Gasteiger partial charge in [0.25, 0.3) is 0 Å². The Bertz CT molecular complexity index is 1010. The number of hydrogen-bond donors (Lipinski definition) is 0. The highest BCUT2D eigenvalue weighted by Gasteiger charge is 2.15. The Balaban J connectivity index is 1.47. The van der Waals surface area contributed by atoms with E-state index in [1.807, 2.05) is 22.7 Å². The van der Waals surface area contributed by atoms with Gasteiger partial charge in [0.05, 0.1) is 18.1 Å². The normalized spacial score (nSPS) is 11.5. The van der Waals surface area contributed by atoms with Gasteiger partial charge in [-0.1, -0.05) is 231 Å². The summed E-state index contributed by atoms with van der Waals surface area (Å²) in [6.07, 6.45) is 47.6. The van der Waals surface area contributed by atoms with Gasteiger partial charge in [0.15, 0.2) is 0 Å². The minimum Gasteiger partial charge on any atom is -0.142 e. The molecule has 0 unspecified atom stereocenters. The van der Waals surface area contributed by atoms with Crippen LogP contribution in [0.5, 0.6) is 0 Å². The van der Waals surface area contributed by atoms with Gasteiger partial charge in [-0.15, -0.1) is 22.7 Å². The van der Waals surface area contributed by atoms with Crippen molar-refractivity contribution in [1.82, 2.24) is 0 Å². The van der Waals surface area contributed by atoms with Crippen molar-refractivity contribution in [3.05, 3.63) is 43.8 Å². The largest absolute Gasteiger partial charge is 0.142 e. The summed E-state index contributed by atoms with van der Waals surface area (Å²) in [5, 5.41) is 4.45. The summed E-state index contributed by atoms with van der Waals surface area (Å²) in [5.41, 5.74) is 2.89. The third-order valence-corrected chi connectivity index (χ3v) is 16.7. The van der Waals surface area contributed by atoms with Crippen molar-refractivity contribution in [2.24, 2.45) is 0 Å². The van der Waals surface area contributed by atoms with Crippen LogP contribution in [0.1, 0.15) is 240 Å². The molecule has 6 heteroatoms. The van der Waals surface area contributed by atoms with E-state index in [1.165, 1.54) is 226 Å². The van der Waals surface area contributed by atoms with Gasteiger partial charge in [-0.25, -0.2) is 0 Å². The van der Waals surface area contributed by atoms with Crippen LogP contribution in [-0.2, 0) is 12.8 Å². The van der Waals surface area contributed by atoms with E-state index in [0.717, 1.165) is 21.2 Å². The van der Waals surface area contributed by atoms with E-state index < -0.39 is 0 Å². The Morgan fingerprint density at radius 1 is 0.385 bits per heavy atom. The number of rotatable bonds is 36. The van der Waals surface area contributed by atoms with Crippen LogP contribution in [-0.4, -0.2) is 8.39 Å². The standard InChI is InChI=1S/C46H78S6/c1-3-5-7-9-11-13-15-17-19-21-23-25-27-29-31-33-35-41-37-39-49-43(41)45(47)51-52-46(48)44-42(38-40-50-44)36-34-32-30-28-26-24-22-20-18-16-14-12-10-8-6-4-2/h37-40H,3-36H2,1-2H3. The molecule has 52 heavy (non-hydrogen) atoms. The molecular weight excluding hydrogens is 745 g/mol. The van der Waals surface area contributed by atoms with Crippen LogP contribution in [0.15, 0.2) is 22.9 Å². The predicted octanol–water partition coefficient (Wildman–Crippen LogP) is 18.9. The van der Waals surface area contributed by atoms with Gasteiger partial charge < -0.3 is 0 Å². The first-order chi connectivity index (χ1) is 25.7. The van der Waals surface area contributed by atoms with Gasteiger partial charge in [-0.3, -0.25) is 0 Å². The summed E-state index contributed by atoms with van der Waals surface area (Å²) in [6, 6.07) is 4.60. The lowest BCUT2D eigenvalue weighted by Gasteiger charge is -2.08. The summed E-state index contributed by atoms with van der Waals surface area (Å²) in [6.45, 7) is 4.60. The van der Waals surface area contributed by atoms with Crippen LogP contribution in [0.4, 0.5) is 0 Å². The third kappa shape index (κ3) is 25.4. The summed E-state index contributed by atoms with van der Waals surface area (Å²) in [5.74, 6) is 0. The zero-order valence-electron chi connectivity index (χ0n) is 33.8. The van der Waals surface area contributed by atoms with E-state index in [1.54, 1.807) is 21.6 Å². The maximum atomic E-state index is 5.93. The predicted molar refractivity (Wildman–Crippen MR) is 254 cm³/mol. The van der Waals surface area contributed by atoms with E-state index in [4.69, 9.17) is 24.4 Å². The van der Waals surface area contributed by atoms with Crippen LogP contribution in [0.2, 0.25) is 0 Å². The molecule has 0 spiro atoms. The topological polar surface area (TPSA) is 0 Å². The van der Waals surface area contributed by atoms with E-state index >= 15 is 0 Å². The smallest absolute Gasteiger partial charge is 0.0991 e. The molecule has 0 fully saturated rings. The number of thiocarbonyl (C=S) groups is 2. The van der Waals surface area contributed by atoms with Crippen molar-refractivity contribution in [3.63, 3.8) is 0 Å². The molecule has 0 nitrogen and oxygen atoms in total. The molecule has 2 aromatic heterocycles. The fourth-order valence-electron chi connectivity index (χ4n) is 7.30. The zero-order chi connectivity index (χ0) is 37.2. The summed E-state index contributed by atoms with van der Waals surface area (Å²) < 4.78 is 2.01. The second-order valence-corrected chi connectivity index (χ2v) is 20.7. The number of unbranched alkanes of at least 4 members (excludes halogenated alkanes) is 30. The van der Waals surface area contributed by atoms with Crippen molar-refractivity contribution in [1.29, 1.82) is 0 Å². The van der Waals surface area contributed by atoms with Gasteiger partial charge in [0.2, 0.25) is 0 Å². The first-order valence-electron chi connectivity index (χ1n) is 22.2. The molecule has 0 aliphatic carbocycles. The van der Waals surface area contributed by atoms with Crippen molar-refractivity contribution in [2.45, 2.75) is 232 Å². The Hall–Kier alpha value is 0.280. The molecule has 0 aliphatic rings. The van der Waals surface area contributed by atoms with Gasteiger partial charge >= 0.3 is 0 Å². The highest BCUT2D eigenvalue weighted by Crippen LogP contribution is 2.37. The van der Waals surface area contributed by atoms with Crippen molar-refractivity contribution in [3.8, 4) is 0 Å². The highest BCUT2D eigenvalue weighted by atomic mass is 33.1. The van der Waals surface area contributed by atoms with Gasteiger partial charge in [-0.05, 0) is 81.3 Å². The molecule has 0 bridgehead atoms. The van der Waals surface area contributed by atoms with Gasteiger partial charge in [-0.2, -0.15) is 0 Å². The van der Waals surface area contributed by atoms with Crippen LogP contribution < -0.4 is 0 Å². The molecule has 2 heterocycles. The summed E-state index contributed by atoms with van der Waals surface area (Å²) in [7, 11) is 3.40. The molecule has 0 saturated carbocycles. The first-order valence-corrected chi connectivity index (χ1v) is 27.0. The van der Waals surface area contributed by atoms with Crippen LogP contribution >= 0.6 is 68.7 Å². The molecule has 0 atom stereocenters. The maximum Gasteiger partial charge on any atom is 0.0991 e. The fourth-order valence-corrected chi connectivity index (χ4v) is 12.4. The Morgan fingerprint density at radius 2 is 0.615 bits per heavy atom. The molecule has 0 aromatic carbocycles. The lowest BCUT2D eigenvalue weighted by atomic mass is 10.0. The number of thiophene rings is 2. The second kappa shape index (κ2) is 35.7. The molecule has 2 aromatic rings. The summed E-state index contributed by atoms with van der Waals surface area (Å²) in [4.78, 5) is 2.60. The minimum atomic E-state index is 1.00. The maximum absolute atomic E-state index is 5.93. The quantitative estimate of drug-likeness (QED) is 0.0381. The van der Waals surface area contributed by atoms with E-state index in [2.05, 4.69) is 36.7 Å². The molecule has 0 radical (unpaired) electrons. The lowest BCUT2D eigenvalue weighted by Crippen LogP contribution is -1.96. The fraction of sp³-hybridized carbons (Fsp3) is 0.783. The first kappa shape index (κ1) is 48.4. The number of hydrogen-bond acceptors (Lipinski definition) is 6. The monoisotopic (exact) mass is 822 g/mol. The molecule has 2 rings (SSSR count). The van der Waals surface area contributed by atoms with E-state index in [9.17, 15) is 0 Å². The SMILES string of the molecule is CCCCCCCCCCCCCCCCCCc1ccsc1C(=S)SSC(=S)c1sccc1CCCCCCCCCCCCCCCCCC. The Labute approximate surface area is 350 Å². The van der Waals surface area contributed by atoms with E-state index in [-0.39, 0.29) is 0 Å². The molecule has 0 amide bonds. The van der Waals surface area contributed by atoms with Crippen LogP contribution in [0.25, 0.3) is 0 Å². The van der Waals surface area contributed by atoms with Crippen molar-refractivity contribution >= 4 is 77.1 Å². The minimum absolute atomic E-state index is 1.00. The Kier molecular flexibility index (Phi) is 33.2. The second-order valence-electron chi connectivity index (χ2n) is 15.4. The van der Waals surface area contributed by atoms with Crippen molar-refractivity contribution in [2.75, 3.05) is 0 Å². The summed E-state index contributed by atoms with van der Waals surface area (Å²) >= 11 is 15.5. The molecule has 0 saturated heterocycles. The Morgan fingerprint density at radius 3 is 0.865 bits per heavy atom. The van der Waals surface area contributed by atoms with E-state index in [0.29, 0.717) is 0 Å². The average molecular weight is 824 g/mol. The third-order valence-electron chi connectivity index (χ3n) is 10.7. The van der Waals surface area contributed by atoms with Crippen LogP contribution in [0.3, 0.4) is 0 Å². The van der Waals surface area contributed by atoms with Gasteiger partial charge in [0.1, 0.15) is 0 Å². The molecular formula is C46H78S6. The van der Waals surface area contributed by atoms with Gasteiger partial charge in [0, 0.05) is 0 Å². The van der Waals surface area contributed by atoms with Crippen molar-refractivity contribution < 1.29 is 0 Å². The molecule has 298 valence electrons. The zero-order valence-corrected chi connectivity index (χ0v) is 38.7. The number of aryl methyl sites for hydroxylation is 2. The average Bonchev–Trinajstić information content (AvgIpc) is 3.83. The highest BCUT2D eigenvalue weighted by molar-refractivity contribution is 8.90. The lowest BCUT2D eigenvalue weighted by molar-refractivity contribution is 0.529. The molecule has 0 N–H and O–H groups in total. The van der Waals surface area contributed by atoms with Crippen LogP contribution in [0, 0.1) is 0 Å².